The van der Waals surface area contributed by atoms with Gasteiger partial charge in [-0.1, -0.05) is 12.1 Å². The molecule has 0 radical (unpaired) electrons. The van der Waals surface area contributed by atoms with E-state index < -0.39 is 0 Å². The second-order valence-corrected chi connectivity index (χ2v) is 4.06. The van der Waals surface area contributed by atoms with Crippen LogP contribution >= 0.6 is 0 Å². The Balaban J connectivity index is 2.05. The van der Waals surface area contributed by atoms with Crippen LogP contribution < -0.4 is 10.1 Å². The molecule has 0 saturated carbocycles. The first-order valence-corrected chi connectivity index (χ1v) is 6.22. The average molecular weight is 237 g/mol. The third kappa shape index (κ3) is 6.29. The monoisotopic (exact) mass is 237 g/mol. The smallest absolute Gasteiger partial charge is 0.118 e. The Bertz CT molecular complexity index is 285. The fourth-order valence-corrected chi connectivity index (χ4v) is 1.59. The number of rotatable bonds is 9. The fourth-order valence-electron chi connectivity index (χ4n) is 1.59. The van der Waals surface area contributed by atoms with Crippen LogP contribution in [0.3, 0.4) is 0 Å². The lowest BCUT2D eigenvalue weighted by Crippen LogP contribution is -2.07. The third-order valence-electron chi connectivity index (χ3n) is 2.64. The van der Waals surface area contributed by atoms with E-state index >= 15 is 0 Å². The van der Waals surface area contributed by atoms with Crippen LogP contribution in [0.4, 0.5) is 0 Å². The Morgan fingerprint density at radius 1 is 1.06 bits per heavy atom. The molecular weight excluding hydrogens is 214 g/mol. The molecule has 0 spiro atoms. The number of benzene rings is 1. The van der Waals surface area contributed by atoms with Gasteiger partial charge >= 0.3 is 0 Å². The van der Waals surface area contributed by atoms with E-state index in [4.69, 9.17) is 9.47 Å². The lowest BCUT2D eigenvalue weighted by Gasteiger charge is -2.05. The molecule has 1 N–H and O–H groups in total. The van der Waals surface area contributed by atoms with Gasteiger partial charge in [0.15, 0.2) is 0 Å². The van der Waals surface area contributed by atoms with Crippen molar-refractivity contribution < 1.29 is 9.47 Å². The zero-order valence-corrected chi connectivity index (χ0v) is 10.9. The summed E-state index contributed by atoms with van der Waals surface area (Å²) in [5, 5.41) is 3.14. The summed E-state index contributed by atoms with van der Waals surface area (Å²) in [5.74, 6) is 0.890. The van der Waals surface area contributed by atoms with Crippen molar-refractivity contribution in [1.29, 1.82) is 0 Å². The van der Waals surface area contributed by atoms with E-state index in [1.165, 1.54) is 18.4 Å². The quantitative estimate of drug-likeness (QED) is 0.670. The molecule has 0 atom stereocenters. The number of nitrogens with one attached hydrogen (secondary N) is 1. The molecule has 96 valence electrons. The van der Waals surface area contributed by atoms with E-state index in [1.807, 2.05) is 31.3 Å². The second-order valence-electron chi connectivity index (χ2n) is 4.06. The summed E-state index contributed by atoms with van der Waals surface area (Å²) < 4.78 is 10.7. The molecule has 0 saturated heterocycles. The van der Waals surface area contributed by atoms with Gasteiger partial charge in [-0.25, -0.2) is 0 Å². The highest BCUT2D eigenvalue weighted by atomic mass is 16.5. The maximum absolute atomic E-state index is 5.61. The molecule has 0 aliphatic carbocycles. The van der Waals surface area contributed by atoms with Crippen LogP contribution in [0.25, 0.3) is 0 Å². The average Bonchev–Trinajstić information content (AvgIpc) is 2.38. The maximum atomic E-state index is 5.61. The first-order chi connectivity index (χ1) is 8.36. The number of methoxy groups -OCH3 is 1. The van der Waals surface area contributed by atoms with Gasteiger partial charge in [0.2, 0.25) is 0 Å². The second kappa shape index (κ2) is 9.02. The van der Waals surface area contributed by atoms with Crippen molar-refractivity contribution in [3.05, 3.63) is 29.8 Å². The van der Waals surface area contributed by atoms with Crippen LogP contribution in [-0.2, 0) is 11.3 Å². The Morgan fingerprint density at radius 3 is 2.47 bits per heavy atom. The maximum Gasteiger partial charge on any atom is 0.118 e. The van der Waals surface area contributed by atoms with Crippen LogP contribution in [0, 0.1) is 0 Å². The van der Waals surface area contributed by atoms with E-state index in [0.717, 1.165) is 25.3 Å². The number of ether oxygens (including phenoxy) is 2. The highest BCUT2D eigenvalue weighted by Crippen LogP contribution is 2.12. The summed E-state index contributed by atoms with van der Waals surface area (Å²) in [7, 11) is 3.66. The van der Waals surface area contributed by atoms with E-state index in [2.05, 4.69) is 5.32 Å². The Hall–Kier alpha value is -1.06. The van der Waals surface area contributed by atoms with Gasteiger partial charge in [-0.2, -0.15) is 0 Å². The fraction of sp³-hybridized carbons (Fsp3) is 0.571. The van der Waals surface area contributed by atoms with Gasteiger partial charge in [-0.3, -0.25) is 0 Å². The van der Waals surface area contributed by atoms with E-state index in [9.17, 15) is 0 Å². The Kier molecular flexibility index (Phi) is 7.43. The van der Waals surface area contributed by atoms with E-state index in [0.29, 0.717) is 6.61 Å². The molecular formula is C14H23NO2. The van der Waals surface area contributed by atoms with Gasteiger partial charge in [-0.05, 0) is 50.6 Å². The highest BCUT2D eigenvalue weighted by Gasteiger charge is 1.95. The summed E-state index contributed by atoms with van der Waals surface area (Å²) in [5.41, 5.74) is 1.20. The molecule has 1 rings (SSSR count). The molecule has 1 aromatic rings. The summed E-state index contributed by atoms with van der Waals surface area (Å²) >= 11 is 0. The minimum atomic E-state index is 0.690. The normalized spacial score (nSPS) is 10.5. The summed E-state index contributed by atoms with van der Waals surface area (Å²) in [4.78, 5) is 0. The summed E-state index contributed by atoms with van der Waals surface area (Å²) in [6.07, 6.45) is 3.59. The lowest BCUT2D eigenvalue weighted by atomic mass is 10.2. The molecule has 0 bridgehead atoms. The standard InChI is InChI=1S/C14H23NO2/c1-15-10-4-3-5-11-17-12-13-6-8-14(16-2)9-7-13/h6-9,15H,3-5,10-12H2,1-2H3. The summed E-state index contributed by atoms with van der Waals surface area (Å²) in [6.45, 7) is 2.63. The molecule has 17 heavy (non-hydrogen) atoms. The third-order valence-corrected chi connectivity index (χ3v) is 2.64. The lowest BCUT2D eigenvalue weighted by molar-refractivity contribution is 0.117. The van der Waals surface area contributed by atoms with Crippen molar-refractivity contribution in [3.63, 3.8) is 0 Å². The van der Waals surface area contributed by atoms with Gasteiger partial charge in [0.1, 0.15) is 5.75 Å². The van der Waals surface area contributed by atoms with Crippen molar-refractivity contribution in [1.82, 2.24) is 5.32 Å². The van der Waals surface area contributed by atoms with E-state index in [1.54, 1.807) is 7.11 Å². The van der Waals surface area contributed by atoms with Crippen LogP contribution in [0.2, 0.25) is 0 Å². The molecule has 1 aromatic carbocycles. The van der Waals surface area contributed by atoms with Gasteiger partial charge in [0.05, 0.1) is 13.7 Å². The molecule has 3 nitrogen and oxygen atoms in total. The van der Waals surface area contributed by atoms with Crippen LogP contribution in [-0.4, -0.2) is 27.3 Å². The zero-order valence-electron chi connectivity index (χ0n) is 10.9. The van der Waals surface area contributed by atoms with Crippen LogP contribution in [0.5, 0.6) is 5.75 Å². The predicted molar refractivity (Wildman–Crippen MR) is 70.4 cm³/mol. The van der Waals surface area contributed by atoms with Gasteiger partial charge in [0.25, 0.3) is 0 Å². The molecule has 0 unspecified atom stereocenters. The number of hydrogen-bond acceptors (Lipinski definition) is 3. The van der Waals surface area contributed by atoms with Crippen molar-refractivity contribution in [3.8, 4) is 5.75 Å². The Labute approximate surface area is 104 Å². The van der Waals surface area contributed by atoms with Gasteiger partial charge in [0, 0.05) is 6.61 Å². The Morgan fingerprint density at radius 2 is 1.82 bits per heavy atom. The minimum absolute atomic E-state index is 0.690. The highest BCUT2D eigenvalue weighted by molar-refractivity contribution is 5.26. The zero-order chi connectivity index (χ0) is 12.3. The molecule has 0 heterocycles. The first-order valence-electron chi connectivity index (χ1n) is 6.22. The van der Waals surface area contributed by atoms with Crippen molar-refractivity contribution in [2.45, 2.75) is 25.9 Å². The van der Waals surface area contributed by atoms with Crippen molar-refractivity contribution in [2.75, 3.05) is 27.3 Å². The SMILES string of the molecule is CNCCCCCOCc1ccc(OC)cc1. The molecule has 0 amide bonds. The largest absolute Gasteiger partial charge is 0.497 e. The van der Waals surface area contributed by atoms with Crippen molar-refractivity contribution in [2.24, 2.45) is 0 Å². The van der Waals surface area contributed by atoms with Gasteiger partial charge < -0.3 is 14.8 Å². The molecule has 0 aliphatic heterocycles. The number of hydrogen-bond donors (Lipinski definition) is 1. The first kappa shape index (κ1) is 14.0. The topological polar surface area (TPSA) is 30.5 Å². The van der Waals surface area contributed by atoms with Gasteiger partial charge in [-0.15, -0.1) is 0 Å². The van der Waals surface area contributed by atoms with Crippen LogP contribution in [0.15, 0.2) is 24.3 Å². The molecule has 0 aromatic heterocycles. The molecule has 3 heteroatoms. The molecule has 0 fully saturated rings. The predicted octanol–water partition coefficient (Wildman–Crippen LogP) is 2.60. The van der Waals surface area contributed by atoms with Crippen LogP contribution in [0.1, 0.15) is 24.8 Å². The van der Waals surface area contributed by atoms with Crippen molar-refractivity contribution >= 4 is 0 Å². The minimum Gasteiger partial charge on any atom is -0.497 e. The summed E-state index contributed by atoms with van der Waals surface area (Å²) in [6, 6.07) is 8.01. The number of unbranched alkanes of at least 4 members (excludes halogenated alkanes) is 2. The molecule has 0 aliphatic rings. The van der Waals surface area contributed by atoms with E-state index in [-0.39, 0.29) is 0 Å².